The van der Waals surface area contributed by atoms with Crippen molar-refractivity contribution in [3.63, 3.8) is 0 Å². The minimum atomic E-state index is -0.895. The monoisotopic (exact) mass is 409 g/mol. The van der Waals surface area contributed by atoms with Crippen molar-refractivity contribution >= 4 is 23.6 Å². The van der Waals surface area contributed by atoms with Gasteiger partial charge in [0.2, 0.25) is 5.95 Å². The summed E-state index contributed by atoms with van der Waals surface area (Å²) in [5.41, 5.74) is 4.54. The number of aromatic nitrogens is 2. The van der Waals surface area contributed by atoms with Crippen molar-refractivity contribution in [3.05, 3.63) is 46.8 Å². The summed E-state index contributed by atoms with van der Waals surface area (Å²) in [6.07, 6.45) is 2.69. The molecule has 1 aromatic carbocycles. The van der Waals surface area contributed by atoms with Crippen LogP contribution in [0.5, 0.6) is 0 Å². The molecule has 30 heavy (non-hydrogen) atoms. The van der Waals surface area contributed by atoms with Gasteiger partial charge in [-0.3, -0.25) is 4.79 Å². The lowest BCUT2D eigenvalue weighted by molar-refractivity contribution is 0.0464. The van der Waals surface area contributed by atoms with Gasteiger partial charge < -0.3 is 20.2 Å². The van der Waals surface area contributed by atoms with E-state index in [-0.39, 0.29) is 18.0 Å². The minimum Gasteiger partial charge on any atom is -0.465 e. The number of hydrogen-bond donors (Lipinski definition) is 2. The van der Waals surface area contributed by atoms with Gasteiger partial charge in [0.25, 0.3) is 5.91 Å². The molecule has 3 heterocycles. The number of carboxylic acid groups (broad SMARTS) is 1. The van der Waals surface area contributed by atoms with Gasteiger partial charge in [0.1, 0.15) is 0 Å². The summed E-state index contributed by atoms with van der Waals surface area (Å²) >= 11 is 0. The molecule has 2 aliphatic rings. The highest BCUT2D eigenvalue weighted by Crippen LogP contribution is 2.27. The van der Waals surface area contributed by atoms with Crippen LogP contribution in [0.1, 0.15) is 46.9 Å². The van der Waals surface area contributed by atoms with Crippen LogP contribution in [0.2, 0.25) is 0 Å². The highest BCUT2D eigenvalue weighted by atomic mass is 16.4. The Morgan fingerprint density at radius 2 is 1.93 bits per heavy atom. The van der Waals surface area contributed by atoms with Gasteiger partial charge in [0.05, 0.1) is 11.3 Å². The Morgan fingerprint density at radius 3 is 2.60 bits per heavy atom. The Labute approximate surface area is 175 Å². The lowest BCUT2D eigenvalue weighted by atomic mass is 9.94. The molecule has 1 unspecified atom stereocenters. The molecule has 1 aromatic heterocycles. The molecular formula is C22H27N5O3. The third-order valence-corrected chi connectivity index (χ3v) is 5.96. The molecule has 0 bridgehead atoms. The summed E-state index contributed by atoms with van der Waals surface area (Å²) in [6, 6.07) is 6.12. The largest absolute Gasteiger partial charge is 0.465 e. The molecule has 0 saturated carbocycles. The van der Waals surface area contributed by atoms with Gasteiger partial charge in [0, 0.05) is 43.5 Å². The Morgan fingerprint density at radius 1 is 1.20 bits per heavy atom. The van der Waals surface area contributed by atoms with Crippen LogP contribution in [0.15, 0.2) is 24.4 Å². The standard InChI is InChI=1S/C22H27N5O3/c1-13-8-14(2)10-16(9-13)24-21-23-12-18-19(25-21)5-7-27(20(18)28)17-4-6-26(22(29)30)15(3)11-17/h8-10,12,15,17H,4-7,11H2,1-3H3,(H,29,30)(H,23,24,25)/t15-,17?/m1/s1. The Bertz CT molecular complexity index is 972. The number of amides is 2. The second kappa shape index (κ2) is 7.93. The van der Waals surface area contributed by atoms with Gasteiger partial charge in [-0.05, 0) is 56.9 Å². The third kappa shape index (κ3) is 3.94. The number of nitrogens with zero attached hydrogens (tertiary/aromatic N) is 4. The number of benzene rings is 1. The normalized spacial score (nSPS) is 21.4. The summed E-state index contributed by atoms with van der Waals surface area (Å²) in [5, 5.41) is 12.5. The summed E-state index contributed by atoms with van der Waals surface area (Å²) in [7, 11) is 0. The smallest absolute Gasteiger partial charge is 0.407 e. The molecule has 158 valence electrons. The highest BCUT2D eigenvalue weighted by Gasteiger charge is 2.36. The highest BCUT2D eigenvalue weighted by molar-refractivity contribution is 5.96. The van der Waals surface area contributed by atoms with Gasteiger partial charge in [0.15, 0.2) is 0 Å². The zero-order valence-electron chi connectivity index (χ0n) is 17.6. The van der Waals surface area contributed by atoms with E-state index in [1.54, 1.807) is 6.20 Å². The van der Waals surface area contributed by atoms with Crippen LogP contribution in [0.4, 0.5) is 16.4 Å². The Hall–Kier alpha value is -3.16. The Kier molecular flexibility index (Phi) is 5.32. The number of carbonyl (C=O) groups excluding carboxylic acids is 1. The first-order valence-corrected chi connectivity index (χ1v) is 10.3. The number of piperidine rings is 1. The summed E-state index contributed by atoms with van der Waals surface area (Å²) in [6.45, 7) is 7.03. The second-order valence-electron chi connectivity index (χ2n) is 8.31. The molecule has 0 aliphatic carbocycles. The van der Waals surface area contributed by atoms with Crippen molar-refractivity contribution in [2.45, 2.75) is 52.1 Å². The topological polar surface area (TPSA) is 98.7 Å². The predicted molar refractivity (Wildman–Crippen MR) is 113 cm³/mol. The number of carbonyl (C=O) groups is 2. The van der Waals surface area contributed by atoms with Crippen LogP contribution in [-0.4, -0.2) is 62.0 Å². The molecule has 2 amide bonds. The van der Waals surface area contributed by atoms with Crippen LogP contribution >= 0.6 is 0 Å². The number of anilines is 2. The van der Waals surface area contributed by atoms with Crippen molar-refractivity contribution in [1.82, 2.24) is 19.8 Å². The molecule has 2 aliphatic heterocycles. The predicted octanol–water partition coefficient (Wildman–Crippen LogP) is 3.37. The average Bonchev–Trinajstić information content (AvgIpc) is 2.67. The van der Waals surface area contributed by atoms with Crippen LogP contribution in [0, 0.1) is 13.8 Å². The molecule has 0 radical (unpaired) electrons. The Balaban J connectivity index is 1.48. The first-order valence-electron chi connectivity index (χ1n) is 10.3. The second-order valence-corrected chi connectivity index (χ2v) is 8.31. The summed E-state index contributed by atoms with van der Waals surface area (Å²) in [4.78, 5) is 36.7. The molecule has 1 fully saturated rings. The average molecular weight is 409 g/mol. The van der Waals surface area contributed by atoms with Crippen LogP contribution in [0.3, 0.4) is 0 Å². The van der Waals surface area contributed by atoms with E-state index in [0.717, 1.165) is 22.5 Å². The molecule has 8 nitrogen and oxygen atoms in total. The van der Waals surface area contributed by atoms with Gasteiger partial charge in [-0.2, -0.15) is 0 Å². The maximum Gasteiger partial charge on any atom is 0.407 e. The van der Waals surface area contributed by atoms with E-state index in [0.29, 0.717) is 43.9 Å². The van der Waals surface area contributed by atoms with Crippen LogP contribution in [-0.2, 0) is 6.42 Å². The van der Waals surface area contributed by atoms with E-state index in [2.05, 4.69) is 21.4 Å². The first kappa shape index (κ1) is 20.1. The van der Waals surface area contributed by atoms with Gasteiger partial charge >= 0.3 is 6.09 Å². The molecule has 2 N–H and O–H groups in total. The molecule has 0 spiro atoms. The maximum atomic E-state index is 13.1. The van der Waals surface area contributed by atoms with E-state index >= 15 is 0 Å². The van der Waals surface area contributed by atoms with E-state index < -0.39 is 6.09 Å². The maximum absolute atomic E-state index is 13.1. The molecule has 8 heteroatoms. The van der Waals surface area contributed by atoms with E-state index in [4.69, 9.17) is 0 Å². The fourth-order valence-corrected chi connectivity index (χ4v) is 4.57. The zero-order chi connectivity index (χ0) is 21.4. The lowest BCUT2D eigenvalue weighted by Gasteiger charge is -2.42. The van der Waals surface area contributed by atoms with Gasteiger partial charge in [-0.1, -0.05) is 6.07 Å². The first-order chi connectivity index (χ1) is 14.3. The summed E-state index contributed by atoms with van der Waals surface area (Å²) < 4.78 is 0. The molecular weight excluding hydrogens is 382 g/mol. The molecule has 4 rings (SSSR count). The van der Waals surface area contributed by atoms with Crippen molar-refractivity contribution < 1.29 is 14.7 Å². The number of likely N-dealkylation sites (tertiary alicyclic amines) is 1. The number of rotatable bonds is 3. The fourth-order valence-electron chi connectivity index (χ4n) is 4.57. The SMILES string of the molecule is Cc1cc(C)cc(Nc2ncc3c(n2)CCN(C2CCN(C(=O)O)[C@H](C)C2)C3=O)c1. The van der Waals surface area contributed by atoms with Crippen LogP contribution in [0.25, 0.3) is 0 Å². The number of nitrogens with one attached hydrogen (secondary N) is 1. The van der Waals surface area contributed by atoms with Crippen LogP contribution < -0.4 is 5.32 Å². The van der Waals surface area contributed by atoms with Gasteiger partial charge in [-0.25, -0.2) is 14.8 Å². The van der Waals surface area contributed by atoms with Crippen molar-refractivity contribution in [3.8, 4) is 0 Å². The number of fused-ring (bicyclic) bond motifs is 1. The van der Waals surface area contributed by atoms with Crippen molar-refractivity contribution in [2.24, 2.45) is 0 Å². The quantitative estimate of drug-likeness (QED) is 0.807. The number of aryl methyl sites for hydroxylation is 2. The van der Waals surface area contributed by atoms with Gasteiger partial charge in [-0.15, -0.1) is 0 Å². The third-order valence-electron chi connectivity index (χ3n) is 5.96. The number of hydrogen-bond acceptors (Lipinski definition) is 5. The van der Waals surface area contributed by atoms with E-state index in [1.165, 1.54) is 4.90 Å². The van der Waals surface area contributed by atoms with E-state index in [9.17, 15) is 14.7 Å². The molecule has 1 saturated heterocycles. The molecule has 2 atom stereocenters. The summed E-state index contributed by atoms with van der Waals surface area (Å²) in [5.74, 6) is 0.429. The van der Waals surface area contributed by atoms with E-state index in [1.807, 2.05) is 37.8 Å². The van der Waals surface area contributed by atoms with Crippen molar-refractivity contribution in [2.75, 3.05) is 18.4 Å². The zero-order valence-corrected chi connectivity index (χ0v) is 17.6. The van der Waals surface area contributed by atoms with Crippen molar-refractivity contribution in [1.29, 1.82) is 0 Å². The fraction of sp³-hybridized carbons (Fsp3) is 0.455. The molecule has 2 aromatic rings. The minimum absolute atomic E-state index is 0.0457. The lowest BCUT2D eigenvalue weighted by Crippen LogP contribution is -2.53.